The number of ether oxygens (including phenoxy) is 1. The first kappa shape index (κ1) is 19.2. The van der Waals surface area contributed by atoms with Crippen LogP contribution in [0, 0.1) is 11.8 Å². The molecular weight excluding hydrogens is 280 g/mol. The van der Waals surface area contributed by atoms with Crippen molar-refractivity contribution in [2.75, 3.05) is 32.8 Å². The largest absolute Gasteiger partial charge is 0.444 e. The first-order valence-corrected chi connectivity index (χ1v) is 8.67. The molecule has 1 aliphatic rings. The fourth-order valence-corrected chi connectivity index (χ4v) is 2.95. The molecule has 0 spiro atoms. The summed E-state index contributed by atoms with van der Waals surface area (Å²) in [7, 11) is 0. The van der Waals surface area contributed by atoms with E-state index >= 15 is 0 Å². The lowest BCUT2D eigenvalue weighted by Crippen LogP contribution is -2.43. The Hall–Kier alpha value is -0.810. The monoisotopic (exact) mass is 314 g/mol. The van der Waals surface area contributed by atoms with E-state index in [1.807, 2.05) is 20.8 Å². The van der Waals surface area contributed by atoms with Crippen LogP contribution >= 0.6 is 0 Å². The van der Waals surface area contributed by atoms with Gasteiger partial charge in [-0.3, -0.25) is 0 Å². The third-order valence-corrected chi connectivity index (χ3v) is 4.21. The molecular formula is C17H34N2O3. The maximum atomic E-state index is 12.0. The van der Waals surface area contributed by atoms with Crippen molar-refractivity contribution in [3.63, 3.8) is 0 Å². The molecule has 130 valence electrons. The molecule has 0 aromatic carbocycles. The normalized spacial score (nSPS) is 18.3. The Kier molecular flexibility index (Phi) is 8.18. The van der Waals surface area contributed by atoms with Crippen LogP contribution in [0.4, 0.5) is 4.79 Å². The molecule has 0 radical (unpaired) electrons. The fourth-order valence-electron chi connectivity index (χ4n) is 2.95. The standard InChI is InChI=1S/C17H34N2O3/c1-5-9-18-10-6-15(13-20)14-7-11-19(12-8-14)16(21)22-17(2,3)4/h14-15,18,20H,5-13H2,1-4H3. The molecule has 2 N–H and O–H groups in total. The molecule has 1 saturated heterocycles. The number of nitrogens with zero attached hydrogens (tertiary/aromatic N) is 1. The van der Waals surface area contributed by atoms with Gasteiger partial charge >= 0.3 is 6.09 Å². The zero-order valence-electron chi connectivity index (χ0n) is 14.7. The number of likely N-dealkylation sites (tertiary alicyclic amines) is 1. The van der Waals surface area contributed by atoms with Crippen molar-refractivity contribution in [2.24, 2.45) is 11.8 Å². The van der Waals surface area contributed by atoms with Crippen molar-refractivity contribution < 1.29 is 14.6 Å². The summed E-state index contributed by atoms with van der Waals surface area (Å²) in [6.07, 6.45) is 3.85. The topological polar surface area (TPSA) is 61.8 Å². The zero-order chi connectivity index (χ0) is 16.6. The number of nitrogens with one attached hydrogen (secondary N) is 1. The van der Waals surface area contributed by atoms with Gasteiger partial charge in [0.1, 0.15) is 5.60 Å². The smallest absolute Gasteiger partial charge is 0.410 e. The Bertz CT molecular complexity index is 320. The second-order valence-corrected chi connectivity index (χ2v) is 7.29. The van der Waals surface area contributed by atoms with Crippen LogP contribution in [0.1, 0.15) is 53.4 Å². The van der Waals surface area contributed by atoms with Crippen molar-refractivity contribution in [1.82, 2.24) is 10.2 Å². The molecule has 5 nitrogen and oxygen atoms in total. The molecule has 1 unspecified atom stereocenters. The summed E-state index contributed by atoms with van der Waals surface area (Å²) in [5.41, 5.74) is -0.438. The molecule has 1 fully saturated rings. The number of amides is 1. The quantitative estimate of drug-likeness (QED) is 0.709. The van der Waals surface area contributed by atoms with Crippen LogP contribution in [0.2, 0.25) is 0 Å². The molecule has 5 heteroatoms. The Labute approximate surface area is 135 Å². The lowest BCUT2D eigenvalue weighted by Gasteiger charge is -2.36. The van der Waals surface area contributed by atoms with Crippen LogP contribution < -0.4 is 5.32 Å². The van der Waals surface area contributed by atoms with Crippen molar-refractivity contribution in [3.05, 3.63) is 0 Å². The van der Waals surface area contributed by atoms with Gasteiger partial charge in [-0.1, -0.05) is 6.92 Å². The Morgan fingerprint density at radius 1 is 1.32 bits per heavy atom. The van der Waals surface area contributed by atoms with Gasteiger partial charge in [0, 0.05) is 19.7 Å². The van der Waals surface area contributed by atoms with Gasteiger partial charge in [0.2, 0.25) is 0 Å². The second-order valence-electron chi connectivity index (χ2n) is 7.29. The minimum atomic E-state index is -0.438. The van der Waals surface area contributed by atoms with Crippen molar-refractivity contribution in [3.8, 4) is 0 Å². The molecule has 0 bridgehead atoms. The van der Waals surface area contributed by atoms with Gasteiger partial charge in [0.25, 0.3) is 0 Å². The highest BCUT2D eigenvalue weighted by Gasteiger charge is 2.30. The number of carbonyl (C=O) groups is 1. The summed E-state index contributed by atoms with van der Waals surface area (Å²) in [5, 5.41) is 13.0. The average molecular weight is 314 g/mol. The van der Waals surface area contributed by atoms with E-state index < -0.39 is 5.60 Å². The van der Waals surface area contributed by atoms with E-state index in [0.717, 1.165) is 51.9 Å². The molecule has 0 saturated carbocycles. The van der Waals surface area contributed by atoms with Crippen molar-refractivity contribution >= 4 is 6.09 Å². The number of carbonyl (C=O) groups excluding carboxylic acids is 1. The first-order valence-electron chi connectivity index (χ1n) is 8.67. The molecule has 1 heterocycles. The lowest BCUT2D eigenvalue weighted by atomic mass is 9.83. The highest BCUT2D eigenvalue weighted by molar-refractivity contribution is 5.68. The molecule has 1 rings (SSSR count). The first-order chi connectivity index (χ1) is 10.4. The van der Waals surface area contributed by atoms with Gasteiger partial charge in [-0.05, 0) is 71.4 Å². The van der Waals surface area contributed by atoms with Crippen molar-refractivity contribution in [1.29, 1.82) is 0 Å². The third-order valence-electron chi connectivity index (χ3n) is 4.21. The Balaban J connectivity index is 2.34. The van der Waals surface area contributed by atoms with Gasteiger partial charge in [-0.2, -0.15) is 0 Å². The van der Waals surface area contributed by atoms with E-state index in [-0.39, 0.29) is 12.7 Å². The third kappa shape index (κ3) is 6.97. The van der Waals surface area contributed by atoms with Crippen LogP contribution in [0.5, 0.6) is 0 Å². The molecule has 1 aliphatic heterocycles. The predicted octanol–water partition coefficient (Wildman–Crippen LogP) is 2.63. The van der Waals surface area contributed by atoms with Crippen LogP contribution in [-0.4, -0.2) is 54.5 Å². The number of aliphatic hydroxyl groups is 1. The van der Waals surface area contributed by atoms with E-state index in [2.05, 4.69) is 12.2 Å². The Morgan fingerprint density at radius 3 is 2.45 bits per heavy atom. The summed E-state index contributed by atoms with van der Waals surface area (Å²) in [4.78, 5) is 13.8. The lowest BCUT2D eigenvalue weighted by molar-refractivity contribution is 0.0138. The summed E-state index contributed by atoms with van der Waals surface area (Å²) in [5.74, 6) is 0.845. The summed E-state index contributed by atoms with van der Waals surface area (Å²) < 4.78 is 5.42. The minimum Gasteiger partial charge on any atom is -0.444 e. The summed E-state index contributed by atoms with van der Waals surface area (Å²) in [6, 6.07) is 0. The van der Waals surface area contributed by atoms with Gasteiger partial charge < -0.3 is 20.1 Å². The summed E-state index contributed by atoms with van der Waals surface area (Å²) in [6.45, 7) is 11.5. The molecule has 22 heavy (non-hydrogen) atoms. The number of aliphatic hydroxyl groups excluding tert-OH is 1. The number of hydrogen-bond donors (Lipinski definition) is 2. The molecule has 0 aliphatic carbocycles. The zero-order valence-corrected chi connectivity index (χ0v) is 14.7. The molecule has 0 aromatic rings. The summed E-state index contributed by atoms with van der Waals surface area (Å²) >= 11 is 0. The SMILES string of the molecule is CCCNCCC(CO)C1CCN(C(=O)OC(C)(C)C)CC1. The van der Waals surface area contributed by atoms with E-state index in [1.165, 1.54) is 0 Å². The van der Waals surface area contributed by atoms with E-state index in [4.69, 9.17) is 4.74 Å². The van der Waals surface area contributed by atoms with Crippen LogP contribution in [0.3, 0.4) is 0 Å². The number of piperidine rings is 1. The van der Waals surface area contributed by atoms with Crippen molar-refractivity contribution in [2.45, 2.75) is 59.0 Å². The highest BCUT2D eigenvalue weighted by atomic mass is 16.6. The molecule has 0 aromatic heterocycles. The maximum absolute atomic E-state index is 12.0. The number of rotatable bonds is 7. The van der Waals surface area contributed by atoms with E-state index in [0.29, 0.717) is 11.8 Å². The molecule has 1 amide bonds. The van der Waals surface area contributed by atoms with Crippen LogP contribution in [-0.2, 0) is 4.74 Å². The molecule has 1 atom stereocenters. The Morgan fingerprint density at radius 2 is 1.95 bits per heavy atom. The fraction of sp³-hybridized carbons (Fsp3) is 0.941. The van der Waals surface area contributed by atoms with E-state index in [1.54, 1.807) is 4.90 Å². The van der Waals surface area contributed by atoms with Gasteiger partial charge in [0.15, 0.2) is 0 Å². The average Bonchev–Trinajstić information content (AvgIpc) is 2.46. The maximum Gasteiger partial charge on any atom is 0.410 e. The van der Waals surface area contributed by atoms with Crippen LogP contribution in [0.25, 0.3) is 0 Å². The van der Waals surface area contributed by atoms with Gasteiger partial charge in [-0.15, -0.1) is 0 Å². The van der Waals surface area contributed by atoms with E-state index in [9.17, 15) is 9.90 Å². The van der Waals surface area contributed by atoms with Gasteiger partial charge in [0.05, 0.1) is 0 Å². The number of hydrogen-bond acceptors (Lipinski definition) is 4. The van der Waals surface area contributed by atoms with Crippen LogP contribution in [0.15, 0.2) is 0 Å². The minimum absolute atomic E-state index is 0.212. The highest BCUT2D eigenvalue weighted by Crippen LogP contribution is 2.27. The second kappa shape index (κ2) is 9.36. The predicted molar refractivity (Wildman–Crippen MR) is 88.9 cm³/mol. The van der Waals surface area contributed by atoms with Gasteiger partial charge in [-0.25, -0.2) is 4.79 Å².